The molecule has 0 radical (unpaired) electrons. The summed E-state index contributed by atoms with van der Waals surface area (Å²) in [6.07, 6.45) is 1.84. The molecule has 2 aromatic rings. The molecule has 0 unspecified atom stereocenters. The number of hydrogen-bond donors (Lipinski definition) is 0. The summed E-state index contributed by atoms with van der Waals surface area (Å²) in [4.78, 5) is 6.36. The standard InChI is InChI=1S/C10H11N2.Li/c1-12(2)10-6-7-11-9-5-3-4-8(9)10;/h3-7H,1-2H3;/q-1;+1. The molecule has 0 saturated carbocycles. The van der Waals surface area contributed by atoms with Gasteiger partial charge in [0.1, 0.15) is 0 Å². The zero-order valence-electron chi connectivity index (χ0n) is 8.28. The second-order valence-electron chi connectivity index (χ2n) is 3.05. The van der Waals surface area contributed by atoms with Gasteiger partial charge in [-0.25, -0.2) is 0 Å². The van der Waals surface area contributed by atoms with E-state index in [4.69, 9.17) is 0 Å². The molecule has 0 bridgehead atoms. The van der Waals surface area contributed by atoms with Crippen LogP contribution in [0.15, 0.2) is 30.5 Å². The van der Waals surface area contributed by atoms with Crippen molar-refractivity contribution in [2.24, 2.45) is 0 Å². The Hall–Kier alpha value is -0.843. The molecule has 62 valence electrons. The van der Waals surface area contributed by atoms with Crippen LogP contribution >= 0.6 is 0 Å². The van der Waals surface area contributed by atoms with E-state index in [1.165, 1.54) is 11.1 Å². The summed E-state index contributed by atoms with van der Waals surface area (Å²) in [5, 5.41) is 1.22. The van der Waals surface area contributed by atoms with Crippen molar-refractivity contribution in [1.82, 2.24) is 4.98 Å². The van der Waals surface area contributed by atoms with Crippen LogP contribution in [0.4, 0.5) is 5.69 Å². The number of nitrogens with zero attached hydrogens (tertiary/aromatic N) is 2. The minimum Gasteiger partial charge on any atom is -0.415 e. The first-order valence-electron chi connectivity index (χ1n) is 3.97. The monoisotopic (exact) mass is 166 g/mol. The fourth-order valence-electron chi connectivity index (χ4n) is 1.41. The molecule has 1 aromatic heterocycles. The van der Waals surface area contributed by atoms with Crippen LogP contribution in [0, 0.1) is 0 Å². The third kappa shape index (κ3) is 1.74. The Morgan fingerprint density at radius 2 is 2.08 bits per heavy atom. The van der Waals surface area contributed by atoms with E-state index in [1.807, 2.05) is 38.5 Å². The van der Waals surface area contributed by atoms with Gasteiger partial charge in [0.15, 0.2) is 0 Å². The predicted molar refractivity (Wildman–Crippen MR) is 51.7 cm³/mol. The smallest absolute Gasteiger partial charge is 0.415 e. The van der Waals surface area contributed by atoms with E-state index in [0.717, 1.165) is 5.52 Å². The average Bonchev–Trinajstić information content (AvgIpc) is 2.49. The molecule has 2 rings (SSSR count). The van der Waals surface area contributed by atoms with E-state index in [9.17, 15) is 0 Å². The van der Waals surface area contributed by atoms with Gasteiger partial charge in [-0.3, -0.25) is 0 Å². The zero-order valence-corrected chi connectivity index (χ0v) is 8.28. The van der Waals surface area contributed by atoms with Gasteiger partial charge in [0.05, 0.1) is 0 Å². The first kappa shape index (κ1) is 10.2. The maximum absolute atomic E-state index is 4.26. The Morgan fingerprint density at radius 3 is 2.77 bits per heavy atom. The third-order valence-corrected chi connectivity index (χ3v) is 2.00. The van der Waals surface area contributed by atoms with Crippen molar-refractivity contribution < 1.29 is 18.9 Å². The molecule has 0 amide bonds. The minimum atomic E-state index is 0. The molecule has 13 heavy (non-hydrogen) atoms. The SMILES string of the molecule is CN(C)c1ccnc2cc[cH-]c12.[Li+]. The van der Waals surface area contributed by atoms with E-state index in [1.54, 1.807) is 0 Å². The van der Waals surface area contributed by atoms with E-state index in [-0.39, 0.29) is 18.9 Å². The quantitative estimate of drug-likeness (QED) is 0.400. The Morgan fingerprint density at radius 1 is 1.31 bits per heavy atom. The summed E-state index contributed by atoms with van der Waals surface area (Å²) in [5.41, 5.74) is 2.30. The molecule has 3 heteroatoms. The van der Waals surface area contributed by atoms with Gasteiger partial charge in [-0.05, 0) is 19.8 Å². The topological polar surface area (TPSA) is 16.1 Å². The second kappa shape index (κ2) is 3.91. The molecule has 0 saturated heterocycles. The first-order valence-corrected chi connectivity index (χ1v) is 3.97. The van der Waals surface area contributed by atoms with Crippen LogP contribution in [-0.2, 0) is 0 Å². The summed E-state index contributed by atoms with van der Waals surface area (Å²) in [7, 11) is 4.09. The molecular weight excluding hydrogens is 155 g/mol. The largest absolute Gasteiger partial charge is 1.00 e. The fraction of sp³-hybridized carbons (Fsp3) is 0.200. The number of pyridine rings is 1. The molecule has 0 N–H and O–H groups in total. The van der Waals surface area contributed by atoms with Crippen LogP contribution in [-0.4, -0.2) is 19.1 Å². The van der Waals surface area contributed by atoms with Crippen LogP contribution in [0.3, 0.4) is 0 Å². The van der Waals surface area contributed by atoms with E-state index < -0.39 is 0 Å². The maximum atomic E-state index is 4.26. The zero-order chi connectivity index (χ0) is 8.55. The van der Waals surface area contributed by atoms with Gasteiger partial charge in [0, 0.05) is 6.20 Å². The van der Waals surface area contributed by atoms with Crippen molar-refractivity contribution in [2.45, 2.75) is 0 Å². The van der Waals surface area contributed by atoms with Gasteiger partial charge in [-0.1, -0.05) is 11.6 Å². The van der Waals surface area contributed by atoms with Gasteiger partial charge in [-0.15, -0.1) is 11.5 Å². The number of hydrogen-bond acceptors (Lipinski definition) is 2. The van der Waals surface area contributed by atoms with Crippen LogP contribution < -0.4 is 23.8 Å². The Kier molecular flexibility index (Phi) is 3.08. The van der Waals surface area contributed by atoms with Crippen molar-refractivity contribution in [3.63, 3.8) is 0 Å². The van der Waals surface area contributed by atoms with Crippen molar-refractivity contribution in [3.8, 4) is 0 Å². The van der Waals surface area contributed by atoms with Gasteiger partial charge >= 0.3 is 18.9 Å². The normalized spacial score (nSPS) is 9.69. The molecule has 0 aliphatic rings. The van der Waals surface area contributed by atoms with Crippen LogP contribution in [0.2, 0.25) is 0 Å². The second-order valence-corrected chi connectivity index (χ2v) is 3.05. The molecule has 1 heterocycles. The maximum Gasteiger partial charge on any atom is 1.00 e. The van der Waals surface area contributed by atoms with E-state index in [2.05, 4.69) is 16.0 Å². The van der Waals surface area contributed by atoms with Crippen molar-refractivity contribution in [1.29, 1.82) is 0 Å². The Bertz CT molecular complexity index is 392. The minimum absolute atomic E-state index is 0. The van der Waals surface area contributed by atoms with Crippen molar-refractivity contribution in [3.05, 3.63) is 30.5 Å². The summed E-state index contributed by atoms with van der Waals surface area (Å²) >= 11 is 0. The molecule has 0 aliphatic carbocycles. The Labute approximate surface area is 90.1 Å². The summed E-state index contributed by atoms with van der Waals surface area (Å²) in [5.74, 6) is 0. The third-order valence-electron chi connectivity index (χ3n) is 2.00. The molecule has 0 fully saturated rings. The van der Waals surface area contributed by atoms with Crippen LogP contribution in [0.1, 0.15) is 0 Å². The molecule has 2 nitrogen and oxygen atoms in total. The number of anilines is 1. The van der Waals surface area contributed by atoms with Gasteiger partial charge in [0.25, 0.3) is 0 Å². The Balaban J connectivity index is 0.000000845. The molecule has 1 aromatic carbocycles. The number of fused-ring (bicyclic) bond motifs is 1. The summed E-state index contributed by atoms with van der Waals surface area (Å²) in [6.45, 7) is 0. The number of rotatable bonds is 1. The van der Waals surface area contributed by atoms with Crippen LogP contribution in [0.5, 0.6) is 0 Å². The van der Waals surface area contributed by atoms with Gasteiger partial charge in [0.2, 0.25) is 0 Å². The van der Waals surface area contributed by atoms with Crippen molar-refractivity contribution in [2.75, 3.05) is 19.0 Å². The van der Waals surface area contributed by atoms with E-state index in [0.29, 0.717) is 0 Å². The summed E-state index contributed by atoms with van der Waals surface area (Å²) in [6, 6.07) is 8.19. The average molecular weight is 166 g/mol. The number of aromatic nitrogens is 1. The predicted octanol–water partition coefficient (Wildman–Crippen LogP) is -0.976. The molecule has 0 aliphatic heterocycles. The van der Waals surface area contributed by atoms with Gasteiger partial charge in [-0.2, -0.15) is 12.1 Å². The summed E-state index contributed by atoms with van der Waals surface area (Å²) < 4.78 is 0. The van der Waals surface area contributed by atoms with Gasteiger partial charge < -0.3 is 9.88 Å². The van der Waals surface area contributed by atoms with Crippen molar-refractivity contribution >= 4 is 16.6 Å². The molecule has 0 atom stereocenters. The molecule has 0 spiro atoms. The van der Waals surface area contributed by atoms with E-state index >= 15 is 0 Å². The first-order chi connectivity index (χ1) is 5.79. The fourth-order valence-corrected chi connectivity index (χ4v) is 1.41. The van der Waals surface area contributed by atoms with Crippen LogP contribution in [0.25, 0.3) is 10.9 Å². The molecular formula is C10H11LiN2.